The van der Waals surface area contributed by atoms with E-state index in [4.69, 9.17) is 5.73 Å². The Morgan fingerprint density at radius 2 is 1.87 bits per heavy atom. The lowest BCUT2D eigenvalue weighted by Crippen LogP contribution is -2.31. The quantitative estimate of drug-likeness (QED) is 0.800. The third-order valence-electron chi connectivity index (χ3n) is 3.63. The highest BCUT2D eigenvalue weighted by atomic mass is 14.7. The number of rotatable bonds is 4. The topological polar surface area (TPSA) is 26.0 Å². The number of hydrogen-bond donors (Lipinski definition) is 1. The van der Waals surface area contributed by atoms with Crippen molar-refractivity contribution in [3.8, 4) is 0 Å². The van der Waals surface area contributed by atoms with Crippen LogP contribution < -0.4 is 5.73 Å². The molecule has 2 atom stereocenters. The molecule has 0 aromatic heterocycles. The minimum Gasteiger partial charge on any atom is -0.327 e. The third-order valence-corrected chi connectivity index (χ3v) is 3.63. The summed E-state index contributed by atoms with van der Waals surface area (Å²) >= 11 is 0. The van der Waals surface area contributed by atoms with Crippen molar-refractivity contribution in [1.82, 2.24) is 0 Å². The van der Waals surface area contributed by atoms with Crippen LogP contribution in [0.15, 0.2) is 24.3 Å². The molecule has 1 aliphatic rings. The standard InChI is InChI=1S/C14H21N/c1-10-3-5-12(6-4-10)9-14(15)11(2)13-7-8-13/h3-6,11,13-14H,7-9,15H2,1-2H3. The molecule has 1 aromatic rings. The minimum atomic E-state index is 0.334. The van der Waals surface area contributed by atoms with Crippen molar-refractivity contribution in [3.05, 3.63) is 35.4 Å². The van der Waals surface area contributed by atoms with Crippen LogP contribution in [-0.4, -0.2) is 6.04 Å². The maximum Gasteiger partial charge on any atom is 0.0108 e. The molecule has 1 nitrogen and oxygen atoms in total. The van der Waals surface area contributed by atoms with Gasteiger partial charge in [-0.25, -0.2) is 0 Å². The first-order chi connectivity index (χ1) is 7.16. The summed E-state index contributed by atoms with van der Waals surface area (Å²) in [5.41, 5.74) is 8.93. The van der Waals surface area contributed by atoms with Crippen LogP contribution in [0.25, 0.3) is 0 Å². The summed E-state index contributed by atoms with van der Waals surface area (Å²) in [6.45, 7) is 4.42. The number of nitrogens with two attached hydrogens (primary N) is 1. The van der Waals surface area contributed by atoms with Gasteiger partial charge in [0.05, 0.1) is 0 Å². The van der Waals surface area contributed by atoms with E-state index in [-0.39, 0.29) is 0 Å². The fourth-order valence-corrected chi connectivity index (χ4v) is 2.15. The summed E-state index contributed by atoms with van der Waals surface area (Å²) in [7, 11) is 0. The Kier molecular flexibility index (Phi) is 3.11. The summed E-state index contributed by atoms with van der Waals surface area (Å²) in [5.74, 6) is 1.59. The second-order valence-electron chi connectivity index (χ2n) is 5.05. The first kappa shape index (κ1) is 10.7. The highest BCUT2D eigenvalue weighted by Crippen LogP contribution is 2.38. The van der Waals surface area contributed by atoms with Crippen LogP contribution in [0.3, 0.4) is 0 Å². The van der Waals surface area contributed by atoms with E-state index >= 15 is 0 Å². The summed E-state index contributed by atoms with van der Waals surface area (Å²) < 4.78 is 0. The van der Waals surface area contributed by atoms with Gasteiger partial charge in [0.25, 0.3) is 0 Å². The predicted octanol–water partition coefficient (Wildman–Crippen LogP) is 2.91. The molecule has 1 aromatic carbocycles. The van der Waals surface area contributed by atoms with E-state index in [1.54, 1.807) is 0 Å². The van der Waals surface area contributed by atoms with E-state index < -0.39 is 0 Å². The van der Waals surface area contributed by atoms with Gasteiger partial charge in [-0.1, -0.05) is 36.8 Å². The third kappa shape index (κ3) is 2.82. The van der Waals surface area contributed by atoms with Gasteiger partial charge >= 0.3 is 0 Å². The first-order valence-electron chi connectivity index (χ1n) is 5.98. The lowest BCUT2D eigenvalue weighted by atomic mass is 9.92. The fourth-order valence-electron chi connectivity index (χ4n) is 2.15. The predicted molar refractivity (Wildman–Crippen MR) is 64.7 cm³/mol. The van der Waals surface area contributed by atoms with Crippen molar-refractivity contribution < 1.29 is 0 Å². The maximum atomic E-state index is 6.23. The average Bonchev–Trinajstić information content (AvgIpc) is 3.04. The molecule has 0 radical (unpaired) electrons. The van der Waals surface area contributed by atoms with Gasteiger partial charge in [0.15, 0.2) is 0 Å². The Hall–Kier alpha value is -0.820. The fraction of sp³-hybridized carbons (Fsp3) is 0.571. The first-order valence-corrected chi connectivity index (χ1v) is 5.98. The van der Waals surface area contributed by atoms with Crippen LogP contribution in [0.5, 0.6) is 0 Å². The lowest BCUT2D eigenvalue weighted by Gasteiger charge is -2.19. The van der Waals surface area contributed by atoms with Crippen molar-refractivity contribution in [2.75, 3.05) is 0 Å². The molecule has 0 heterocycles. The Morgan fingerprint density at radius 1 is 1.27 bits per heavy atom. The monoisotopic (exact) mass is 203 g/mol. The van der Waals surface area contributed by atoms with E-state index in [0.717, 1.165) is 12.3 Å². The molecule has 15 heavy (non-hydrogen) atoms. The van der Waals surface area contributed by atoms with Crippen LogP contribution >= 0.6 is 0 Å². The van der Waals surface area contributed by atoms with Crippen LogP contribution in [0.2, 0.25) is 0 Å². The van der Waals surface area contributed by atoms with Crippen LogP contribution in [0.1, 0.15) is 30.9 Å². The van der Waals surface area contributed by atoms with Gasteiger partial charge in [0.1, 0.15) is 0 Å². The Labute approximate surface area is 92.7 Å². The van der Waals surface area contributed by atoms with Crippen LogP contribution in [0.4, 0.5) is 0 Å². The number of aryl methyl sites for hydroxylation is 1. The number of benzene rings is 1. The summed E-state index contributed by atoms with van der Waals surface area (Å²) in [4.78, 5) is 0. The Morgan fingerprint density at radius 3 is 2.40 bits per heavy atom. The van der Waals surface area contributed by atoms with E-state index in [2.05, 4.69) is 38.1 Å². The van der Waals surface area contributed by atoms with Crippen LogP contribution in [-0.2, 0) is 6.42 Å². The average molecular weight is 203 g/mol. The molecule has 0 bridgehead atoms. The van der Waals surface area contributed by atoms with E-state index in [1.807, 2.05) is 0 Å². The molecule has 0 saturated heterocycles. The molecule has 0 spiro atoms. The Balaban J connectivity index is 1.92. The SMILES string of the molecule is Cc1ccc(CC(N)C(C)C2CC2)cc1. The van der Waals surface area contributed by atoms with Gasteiger partial charge in [-0.05, 0) is 43.6 Å². The zero-order valence-corrected chi connectivity index (χ0v) is 9.74. The molecule has 1 heteroatoms. The zero-order valence-electron chi connectivity index (χ0n) is 9.74. The van der Waals surface area contributed by atoms with Crippen molar-refractivity contribution >= 4 is 0 Å². The zero-order chi connectivity index (χ0) is 10.8. The molecule has 1 aliphatic carbocycles. The van der Waals surface area contributed by atoms with Gasteiger partial charge in [-0.3, -0.25) is 0 Å². The van der Waals surface area contributed by atoms with Gasteiger partial charge in [-0.2, -0.15) is 0 Å². The molecule has 1 fully saturated rings. The highest BCUT2D eigenvalue weighted by Gasteiger charge is 2.31. The molecule has 2 N–H and O–H groups in total. The molecule has 82 valence electrons. The Bertz CT molecular complexity index is 311. The van der Waals surface area contributed by atoms with Gasteiger partial charge < -0.3 is 5.73 Å². The normalized spacial score (nSPS) is 19.9. The van der Waals surface area contributed by atoms with Crippen molar-refractivity contribution in [1.29, 1.82) is 0 Å². The van der Waals surface area contributed by atoms with Crippen molar-refractivity contribution in [2.45, 2.75) is 39.2 Å². The highest BCUT2D eigenvalue weighted by molar-refractivity contribution is 5.22. The maximum absolute atomic E-state index is 6.23. The van der Waals surface area contributed by atoms with Gasteiger partial charge in [0.2, 0.25) is 0 Å². The lowest BCUT2D eigenvalue weighted by molar-refractivity contribution is 0.404. The second-order valence-corrected chi connectivity index (χ2v) is 5.05. The van der Waals surface area contributed by atoms with Crippen LogP contribution in [0, 0.1) is 18.8 Å². The van der Waals surface area contributed by atoms with E-state index in [0.29, 0.717) is 12.0 Å². The molecule has 2 rings (SSSR count). The molecular formula is C14H21N. The minimum absolute atomic E-state index is 0.334. The molecule has 0 amide bonds. The summed E-state index contributed by atoms with van der Waals surface area (Å²) in [6.07, 6.45) is 3.81. The molecular weight excluding hydrogens is 182 g/mol. The second kappa shape index (κ2) is 4.36. The molecule has 1 saturated carbocycles. The van der Waals surface area contributed by atoms with Gasteiger partial charge in [-0.15, -0.1) is 0 Å². The summed E-state index contributed by atoms with van der Waals surface area (Å²) in [6, 6.07) is 9.08. The van der Waals surface area contributed by atoms with E-state index in [9.17, 15) is 0 Å². The van der Waals surface area contributed by atoms with Crippen molar-refractivity contribution in [2.24, 2.45) is 17.6 Å². The molecule has 2 unspecified atom stereocenters. The largest absolute Gasteiger partial charge is 0.327 e. The number of hydrogen-bond acceptors (Lipinski definition) is 1. The van der Waals surface area contributed by atoms with Crippen molar-refractivity contribution in [3.63, 3.8) is 0 Å². The summed E-state index contributed by atoms with van der Waals surface area (Å²) in [5, 5.41) is 0. The van der Waals surface area contributed by atoms with E-state index in [1.165, 1.54) is 24.0 Å². The van der Waals surface area contributed by atoms with Gasteiger partial charge in [0, 0.05) is 6.04 Å². The smallest absolute Gasteiger partial charge is 0.0108 e. The molecule has 0 aliphatic heterocycles.